The third-order valence-electron chi connectivity index (χ3n) is 4.26. The van der Waals surface area contributed by atoms with Gasteiger partial charge in [0.2, 0.25) is 0 Å². The van der Waals surface area contributed by atoms with Crippen molar-refractivity contribution < 1.29 is 28.9 Å². The number of hydrazone groups is 1. The van der Waals surface area contributed by atoms with Crippen molar-refractivity contribution in [2.24, 2.45) is 5.10 Å². The van der Waals surface area contributed by atoms with Gasteiger partial charge in [-0.15, -0.1) is 0 Å². The molecule has 0 aliphatic carbocycles. The Morgan fingerprint density at radius 3 is 2.43 bits per heavy atom. The summed E-state index contributed by atoms with van der Waals surface area (Å²) in [5, 5.41) is 25.7. The number of esters is 1. The molecule has 13 heteroatoms. The number of carbonyl (C=O) groups is 2. The molecular formula is C22H15ClN4O8. The first-order chi connectivity index (χ1) is 16.7. The average molecular weight is 499 g/mol. The molecule has 0 saturated heterocycles. The number of nitrogens with zero attached hydrogens (tertiary/aromatic N) is 3. The van der Waals surface area contributed by atoms with Gasteiger partial charge in [0.05, 0.1) is 21.6 Å². The number of carbonyl (C=O) groups excluding carboxylic acids is 2. The fourth-order valence-electron chi connectivity index (χ4n) is 2.65. The van der Waals surface area contributed by atoms with Crippen molar-refractivity contribution in [3.05, 3.63) is 103 Å². The van der Waals surface area contributed by atoms with Crippen LogP contribution in [-0.2, 0) is 4.79 Å². The van der Waals surface area contributed by atoms with Crippen molar-refractivity contribution in [2.45, 2.75) is 0 Å². The van der Waals surface area contributed by atoms with Crippen LogP contribution in [0, 0.1) is 20.2 Å². The van der Waals surface area contributed by atoms with Crippen molar-refractivity contribution >= 4 is 41.1 Å². The number of hydrogen-bond acceptors (Lipinski definition) is 9. The molecule has 1 N–H and O–H groups in total. The van der Waals surface area contributed by atoms with E-state index in [1.165, 1.54) is 54.7 Å². The second kappa shape index (κ2) is 11.3. The number of hydrogen-bond donors (Lipinski definition) is 1. The quantitative estimate of drug-likeness (QED) is 0.152. The van der Waals surface area contributed by atoms with Crippen LogP contribution in [0.5, 0.6) is 11.5 Å². The Morgan fingerprint density at radius 2 is 1.74 bits per heavy atom. The van der Waals surface area contributed by atoms with E-state index in [1.54, 1.807) is 12.1 Å². The first kappa shape index (κ1) is 24.8. The predicted molar refractivity (Wildman–Crippen MR) is 124 cm³/mol. The third-order valence-corrected chi connectivity index (χ3v) is 4.50. The van der Waals surface area contributed by atoms with Crippen LogP contribution in [0.3, 0.4) is 0 Å². The predicted octanol–water partition coefficient (Wildman–Crippen LogP) is 3.90. The maximum absolute atomic E-state index is 12.2. The van der Waals surface area contributed by atoms with Gasteiger partial charge in [0, 0.05) is 23.2 Å². The van der Waals surface area contributed by atoms with Gasteiger partial charge in [0.1, 0.15) is 5.75 Å². The fraction of sp³-hybridized carbons (Fsp3) is 0.0455. The summed E-state index contributed by atoms with van der Waals surface area (Å²) in [6.45, 7) is -0.535. The van der Waals surface area contributed by atoms with Gasteiger partial charge >= 0.3 is 11.7 Å². The number of nitro groups is 2. The van der Waals surface area contributed by atoms with Crippen molar-refractivity contribution in [2.75, 3.05) is 6.61 Å². The van der Waals surface area contributed by atoms with Crippen molar-refractivity contribution in [3.8, 4) is 11.5 Å². The lowest BCUT2D eigenvalue weighted by Crippen LogP contribution is -2.24. The third kappa shape index (κ3) is 7.07. The molecule has 1 amide bonds. The molecule has 0 bridgehead atoms. The monoisotopic (exact) mass is 498 g/mol. The molecule has 0 heterocycles. The Bertz CT molecular complexity index is 1310. The molecule has 0 unspecified atom stereocenters. The van der Waals surface area contributed by atoms with E-state index in [2.05, 4.69) is 10.5 Å². The summed E-state index contributed by atoms with van der Waals surface area (Å²) in [6, 6.07) is 14.9. The van der Waals surface area contributed by atoms with Crippen LogP contribution in [0.15, 0.2) is 71.8 Å². The highest BCUT2D eigenvalue weighted by molar-refractivity contribution is 6.30. The fourth-order valence-corrected chi connectivity index (χ4v) is 2.82. The van der Waals surface area contributed by atoms with E-state index in [-0.39, 0.29) is 33.5 Å². The molecule has 0 atom stereocenters. The second-order valence-electron chi connectivity index (χ2n) is 6.72. The van der Waals surface area contributed by atoms with E-state index in [1.807, 2.05) is 0 Å². The number of ether oxygens (including phenoxy) is 2. The van der Waals surface area contributed by atoms with Crippen LogP contribution in [-0.4, -0.2) is 34.5 Å². The minimum Gasteiger partial charge on any atom is -0.477 e. The standard InChI is InChI=1S/C22H15ClN4O8/c23-16-6-9-20(19(11-16)27(32)33)34-13-21(28)25-24-12-14-2-1-3-18(10-14)35-22(29)15-4-7-17(8-5-15)26(30)31/h1-12H,13H2,(H,25,28)/b24-12+. The summed E-state index contributed by atoms with van der Waals surface area (Å²) in [6.07, 6.45) is 1.28. The molecule has 0 fully saturated rings. The van der Waals surface area contributed by atoms with Crippen LogP contribution < -0.4 is 14.9 Å². The highest BCUT2D eigenvalue weighted by Crippen LogP contribution is 2.29. The molecule has 0 spiro atoms. The van der Waals surface area contributed by atoms with Crippen LogP contribution >= 0.6 is 11.6 Å². The lowest BCUT2D eigenvalue weighted by molar-refractivity contribution is -0.385. The Morgan fingerprint density at radius 1 is 1.00 bits per heavy atom. The molecule has 0 aromatic heterocycles. The topological polar surface area (TPSA) is 163 Å². The van der Waals surface area contributed by atoms with E-state index in [4.69, 9.17) is 21.1 Å². The number of nitrogens with one attached hydrogen (secondary N) is 1. The molecule has 178 valence electrons. The lowest BCUT2D eigenvalue weighted by atomic mass is 10.2. The molecule has 3 aromatic carbocycles. The summed E-state index contributed by atoms with van der Waals surface area (Å²) in [7, 11) is 0. The van der Waals surface area contributed by atoms with E-state index in [9.17, 15) is 29.8 Å². The summed E-state index contributed by atoms with van der Waals surface area (Å²) < 4.78 is 10.4. The summed E-state index contributed by atoms with van der Waals surface area (Å²) in [5.41, 5.74) is 2.28. The highest BCUT2D eigenvalue weighted by atomic mass is 35.5. The Kier molecular flexibility index (Phi) is 8.03. The maximum Gasteiger partial charge on any atom is 0.343 e. The normalized spacial score (nSPS) is 10.5. The second-order valence-corrected chi connectivity index (χ2v) is 7.15. The van der Waals surface area contributed by atoms with Gasteiger partial charge in [-0.05, 0) is 42.0 Å². The molecule has 0 radical (unpaired) electrons. The van der Waals surface area contributed by atoms with E-state index in [0.717, 1.165) is 6.07 Å². The summed E-state index contributed by atoms with van der Waals surface area (Å²) in [4.78, 5) is 44.7. The van der Waals surface area contributed by atoms with Gasteiger partial charge in [0.25, 0.3) is 11.6 Å². The largest absolute Gasteiger partial charge is 0.477 e. The highest BCUT2D eigenvalue weighted by Gasteiger charge is 2.17. The van der Waals surface area contributed by atoms with Gasteiger partial charge in [-0.25, -0.2) is 10.2 Å². The van der Waals surface area contributed by atoms with Crippen LogP contribution in [0.4, 0.5) is 11.4 Å². The van der Waals surface area contributed by atoms with Gasteiger partial charge in [-0.3, -0.25) is 25.0 Å². The zero-order valence-electron chi connectivity index (χ0n) is 17.6. The molecule has 3 aromatic rings. The van der Waals surface area contributed by atoms with Crippen LogP contribution in [0.2, 0.25) is 5.02 Å². The Balaban J connectivity index is 1.54. The number of benzene rings is 3. The lowest BCUT2D eigenvalue weighted by Gasteiger charge is -2.06. The molecular weight excluding hydrogens is 484 g/mol. The zero-order chi connectivity index (χ0) is 25.4. The summed E-state index contributed by atoms with van der Waals surface area (Å²) >= 11 is 5.73. The Hall–Kier alpha value is -4.84. The molecule has 12 nitrogen and oxygen atoms in total. The molecule has 0 aliphatic heterocycles. The van der Waals surface area contributed by atoms with Crippen molar-refractivity contribution in [3.63, 3.8) is 0 Å². The van der Waals surface area contributed by atoms with Gasteiger partial charge in [-0.1, -0.05) is 23.7 Å². The van der Waals surface area contributed by atoms with E-state index < -0.39 is 28.3 Å². The van der Waals surface area contributed by atoms with Crippen LogP contribution in [0.1, 0.15) is 15.9 Å². The average Bonchev–Trinajstić information content (AvgIpc) is 2.83. The minimum absolute atomic E-state index is 0.124. The number of non-ortho nitro benzene ring substituents is 1. The minimum atomic E-state index is -0.712. The first-order valence-corrected chi connectivity index (χ1v) is 10.1. The molecule has 0 aliphatic rings. The number of rotatable bonds is 9. The van der Waals surface area contributed by atoms with Crippen molar-refractivity contribution in [1.82, 2.24) is 5.43 Å². The van der Waals surface area contributed by atoms with Gasteiger partial charge in [0.15, 0.2) is 12.4 Å². The number of amides is 1. The maximum atomic E-state index is 12.2. The number of halogens is 1. The van der Waals surface area contributed by atoms with E-state index in [0.29, 0.717) is 5.56 Å². The zero-order valence-corrected chi connectivity index (χ0v) is 18.4. The molecule has 35 heavy (non-hydrogen) atoms. The Labute approximate surface area is 202 Å². The molecule has 3 rings (SSSR count). The first-order valence-electron chi connectivity index (χ1n) is 9.68. The smallest absolute Gasteiger partial charge is 0.343 e. The SMILES string of the molecule is O=C(COc1ccc(Cl)cc1[N+](=O)[O-])N/N=C/c1cccc(OC(=O)c2ccc([N+](=O)[O-])cc2)c1. The van der Waals surface area contributed by atoms with E-state index >= 15 is 0 Å². The molecule has 0 saturated carbocycles. The van der Waals surface area contributed by atoms with Crippen molar-refractivity contribution in [1.29, 1.82) is 0 Å². The van der Waals surface area contributed by atoms with Gasteiger partial charge in [-0.2, -0.15) is 5.10 Å². The summed E-state index contributed by atoms with van der Waals surface area (Å²) in [5.74, 6) is -1.33. The van der Waals surface area contributed by atoms with Gasteiger partial charge < -0.3 is 9.47 Å². The van der Waals surface area contributed by atoms with Crippen LogP contribution in [0.25, 0.3) is 0 Å². The number of nitro benzene ring substituents is 2.